The minimum atomic E-state index is -4.73. The van der Waals surface area contributed by atoms with Gasteiger partial charge in [0.1, 0.15) is 12.7 Å². The zero-order valence-electron chi connectivity index (χ0n) is 41.3. The molecule has 12 heteroatoms. The molecule has 0 spiro atoms. The first-order chi connectivity index (χ1) is 31.2. The average Bonchev–Trinajstić information content (AvgIpc) is 3.28. The average molecular weight is 929 g/mol. The number of rotatable bonds is 49. The number of ether oxygens (including phenoxy) is 3. The van der Waals surface area contributed by atoms with Crippen molar-refractivity contribution in [3.05, 3.63) is 24.3 Å². The van der Waals surface area contributed by atoms with Gasteiger partial charge in [-0.15, -0.1) is 0 Å². The smallest absolute Gasteiger partial charge is 0.462 e. The van der Waals surface area contributed by atoms with E-state index in [0.29, 0.717) is 19.3 Å². The molecule has 0 rings (SSSR count). The summed E-state index contributed by atoms with van der Waals surface area (Å²) in [6, 6.07) is 0. The molecule has 0 aliphatic carbocycles. The van der Waals surface area contributed by atoms with Gasteiger partial charge in [0, 0.05) is 19.3 Å². The van der Waals surface area contributed by atoms with Crippen molar-refractivity contribution >= 4 is 25.7 Å². The van der Waals surface area contributed by atoms with E-state index in [-0.39, 0.29) is 25.9 Å². The molecule has 0 aromatic heterocycles. The molecule has 0 fully saturated rings. The molecular formula is C52H97O11P. The zero-order valence-corrected chi connectivity index (χ0v) is 42.2. The molecule has 0 saturated carbocycles. The van der Waals surface area contributed by atoms with Gasteiger partial charge >= 0.3 is 25.7 Å². The topological polar surface area (TPSA) is 155 Å². The van der Waals surface area contributed by atoms with Crippen LogP contribution in [0.2, 0.25) is 0 Å². The third-order valence-corrected chi connectivity index (χ3v) is 12.3. The van der Waals surface area contributed by atoms with Crippen LogP contribution in [0, 0.1) is 0 Å². The van der Waals surface area contributed by atoms with Crippen LogP contribution in [0.15, 0.2) is 24.3 Å². The number of aliphatic hydroxyl groups is 1. The van der Waals surface area contributed by atoms with Crippen molar-refractivity contribution in [2.75, 3.05) is 26.4 Å². The number of phosphoric acid groups is 1. The predicted octanol–water partition coefficient (Wildman–Crippen LogP) is 14.7. The van der Waals surface area contributed by atoms with Crippen LogP contribution >= 0.6 is 7.82 Å². The summed E-state index contributed by atoms with van der Waals surface area (Å²) in [5.41, 5.74) is 0. The van der Waals surface area contributed by atoms with Gasteiger partial charge in [0.25, 0.3) is 0 Å². The van der Waals surface area contributed by atoms with E-state index in [2.05, 4.69) is 45.1 Å². The normalized spacial score (nSPS) is 13.6. The molecule has 376 valence electrons. The first kappa shape index (κ1) is 62.0. The molecule has 0 aromatic carbocycles. The summed E-state index contributed by atoms with van der Waals surface area (Å²) in [6.07, 6.45) is 44.4. The summed E-state index contributed by atoms with van der Waals surface area (Å²) >= 11 is 0. The van der Waals surface area contributed by atoms with Gasteiger partial charge in [-0.3, -0.25) is 23.4 Å². The van der Waals surface area contributed by atoms with E-state index >= 15 is 0 Å². The Morgan fingerprint density at radius 1 is 0.422 bits per heavy atom. The van der Waals surface area contributed by atoms with Crippen LogP contribution in [0.4, 0.5) is 0 Å². The number of hydrogen-bond donors (Lipinski definition) is 2. The summed E-state index contributed by atoms with van der Waals surface area (Å²) in [5.74, 6) is -1.47. The van der Waals surface area contributed by atoms with E-state index in [0.717, 1.165) is 83.5 Å². The van der Waals surface area contributed by atoms with Crippen molar-refractivity contribution in [2.45, 2.75) is 264 Å². The van der Waals surface area contributed by atoms with E-state index in [4.69, 9.17) is 23.3 Å². The van der Waals surface area contributed by atoms with Crippen LogP contribution in [-0.4, -0.2) is 66.5 Å². The fraction of sp³-hybridized carbons (Fsp3) is 0.865. The molecule has 3 unspecified atom stereocenters. The van der Waals surface area contributed by atoms with Crippen molar-refractivity contribution in [1.82, 2.24) is 0 Å². The summed E-state index contributed by atoms with van der Waals surface area (Å²) in [4.78, 5) is 48.2. The van der Waals surface area contributed by atoms with Crippen LogP contribution < -0.4 is 0 Å². The summed E-state index contributed by atoms with van der Waals surface area (Å²) in [5, 5.41) is 9.75. The van der Waals surface area contributed by atoms with Gasteiger partial charge in [0.15, 0.2) is 6.10 Å². The molecule has 0 aliphatic heterocycles. The van der Waals surface area contributed by atoms with Crippen molar-refractivity contribution in [2.24, 2.45) is 0 Å². The lowest BCUT2D eigenvalue weighted by atomic mass is 10.1. The van der Waals surface area contributed by atoms with E-state index in [1.165, 1.54) is 109 Å². The lowest BCUT2D eigenvalue weighted by Gasteiger charge is -2.21. The molecule has 0 aliphatic rings. The highest BCUT2D eigenvalue weighted by atomic mass is 31.2. The van der Waals surface area contributed by atoms with E-state index < -0.39 is 57.8 Å². The third kappa shape index (κ3) is 45.1. The molecule has 2 N–H and O–H groups in total. The minimum absolute atomic E-state index is 0.167. The van der Waals surface area contributed by atoms with E-state index in [1.54, 1.807) is 0 Å². The zero-order chi connectivity index (χ0) is 47.0. The maximum atomic E-state index is 12.8. The predicted molar refractivity (Wildman–Crippen MR) is 261 cm³/mol. The number of phosphoric ester groups is 1. The van der Waals surface area contributed by atoms with Gasteiger partial charge in [-0.1, -0.05) is 193 Å². The number of unbranched alkanes of at least 4 members (excludes halogenated alkanes) is 28. The van der Waals surface area contributed by atoms with Crippen LogP contribution in [-0.2, 0) is 42.2 Å². The van der Waals surface area contributed by atoms with Gasteiger partial charge in [-0.05, 0) is 64.2 Å². The second-order valence-corrected chi connectivity index (χ2v) is 19.1. The summed E-state index contributed by atoms with van der Waals surface area (Å²) in [7, 11) is -4.73. The summed E-state index contributed by atoms with van der Waals surface area (Å²) in [6.45, 7) is 4.57. The maximum Gasteiger partial charge on any atom is 0.472 e. The molecule has 0 heterocycles. The Bertz CT molecular complexity index is 1180. The molecule has 0 saturated heterocycles. The van der Waals surface area contributed by atoms with E-state index in [1.807, 2.05) is 0 Å². The fourth-order valence-corrected chi connectivity index (χ4v) is 8.06. The monoisotopic (exact) mass is 929 g/mol. The molecule has 3 atom stereocenters. The Morgan fingerprint density at radius 3 is 1.12 bits per heavy atom. The SMILES string of the molecule is CCCC/C=C\CCCCCCCC(=O)OC(CO)COP(=O)(O)OCC(COC(=O)CCCCCCCCCCC)OC(=O)CCCCCCCCC/C=C\CCCCCCCC. The Morgan fingerprint density at radius 2 is 0.734 bits per heavy atom. The van der Waals surface area contributed by atoms with Crippen LogP contribution in [0.1, 0.15) is 252 Å². The molecule has 11 nitrogen and oxygen atoms in total. The molecule has 0 aromatic rings. The molecule has 0 amide bonds. The lowest BCUT2D eigenvalue weighted by Crippen LogP contribution is -2.30. The summed E-state index contributed by atoms with van der Waals surface area (Å²) < 4.78 is 39.3. The van der Waals surface area contributed by atoms with E-state index in [9.17, 15) is 28.9 Å². The van der Waals surface area contributed by atoms with Crippen molar-refractivity contribution in [3.8, 4) is 0 Å². The second-order valence-electron chi connectivity index (χ2n) is 17.7. The number of carbonyl (C=O) groups is 3. The lowest BCUT2D eigenvalue weighted by molar-refractivity contribution is -0.161. The largest absolute Gasteiger partial charge is 0.472 e. The molecule has 64 heavy (non-hydrogen) atoms. The fourth-order valence-electron chi connectivity index (χ4n) is 7.27. The highest BCUT2D eigenvalue weighted by Gasteiger charge is 2.28. The van der Waals surface area contributed by atoms with Crippen molar-refractivity contribution in [1.29, 1.82) is 0 Å². The second kappa shape index (κ2) is 47.5. The highest BCUT2D eigenvalue weighted by Crippen LogP contribution is 2.43. The first-order valence-electron chi connectivity index (χ1n) is 26.2. The van der Waals surface area contributed by atoms with Crippen LogP contribution in [0.5, 0.6) is 0 Å². The Kier molecular flexibility index (Phi) is 45.9. The molecular weight excluding hydrogens is 832 g/mol. The van der Waals surface area contributed by atoms with Gasteiger partial charge in [-0.25, -0.2) is 4.57 Å². The number of esters is 3. The number of allylic oxidation sites excluding steroid dienone is 4. The van der Waals surface area contributed by atoms with Gasteiger partial charge in [0.05, 0.1) is 19.8 Å². The molecule has 0 radical (unpaired) electrons. The Labute approximate surface area is 391 Å². The van der Waals surface area contributed by atoms with Crippen LogP contribution in [0.25, 0.3) is 0 Å². The quantitative estimate of drug-likeness (QED) is 0.0197. The Balaban J connectivity index is 4.68. The third-order valence-electron chi connectivity index (χ3n) is 11.3. The molecule has 0 bridgehead atoms. The number of carbonyl (C=O) groups excluding carboxylic acids is 3. The van der Waals surface area contributed by atoms with Crippen molar-refractivity contribution < 1.29 is 52.2 Å². The van der Waals surface area contributed by atoms with Gasteiger partial charge in [-0.2, -0.15) is 0 Å². The number of hydrogen-bond acceptors (Lipinski definition) is 10. The standard InChI is InChI=1S/C52H97O11P/c1-4-7-10-13-16-19-21-22-23-24-25-26-28-31-34-37-40-43-52(56)63-49(45-59-50(54)41-38-35-32-29-18-15-12-9-6-3)47-61-64(57,58)60-46-48(44-53)62-51(55)42-39-36-33-30-27-20-17-14-11-8-5-2/h14,17,22-23,48-49,53H,4-13,15-16,18-21,24-47H2,1-3H3,(H,57,58)/b17-14-,23-22-. The van der Waals surface area contributed by atoms with Crippen molar-refractivity contribution in [3.63, 3.8) is 0 Å². The van der Waals surface area contributed by atoms with Gasteiger partial charge < -0.3 is 24.2 Å². The number of aliphatic hydroxyl groups excluding tert-OH is 1. The minimum Gasteiger partial charge on any atom is -0.462 e. The van der Waals surface area contributed by atoms with Crippen LogP contribution in [0.3, 0.4) is 0 Å². The Hall–Kier alpha value is -2.04. The first-order valence-corrected chi connectivity index (χ1v) is 27.7. The van der Waals surface area contributed by atoms with Gasteiger partial charge in [0.2, 0.25) is 0 Å². The highest BCUT2D eigenvalue weighted by molar-refractivity contribution is 7.47. The maximum absolute atomic E-state index is 12.8.